The zero-order chi connectivity index (χ0) is 19.4. The second kappa shape index (κ2) is 8.58. The Hall–Kier alpha value is -2.32. The quantitative estimate of drug-likeness (QED) is 0.761. The molecule has 0 spiro atoms. The lowest BCUT2D eigenvalue weighted by Crippen LogP contribution is -2.42. The largest absolute Gasteiger partial charge is 0.506 e. The van der Waals surface area contributed by atoms with Crippen LogP contribution in [0.4, 0.5) is 15.3 Å². The zero-order valence-electron chi connectivity index (χ0n) is 15.8. The lowest BCUT2D eigenvalue weighted by Gasteiger charge is -2.31. The highest BCUT2D eigenvalue weighted by molar-refractivity contribution is 5.89. The van der Waals surface area contributed by atoms with Gasteiger partial charge >= 0.3 is 12.2 Å². The molecule has 27 heavy (non-hydrogen) atoms. The summed E-state index contributed by atoms with van der Waals surface area (Å²) in [5.74, 6) is 0. The molecule has 2 fully saturated rings. The van der Waals surface area contributed by atoms with Gasteiger partial charge in [-0.05, 0) is 44.6 Å². The topological polar surface area (TPSA) is 82.6 Å². The summed E-state index contributed by atoms with van der Waals surface area (Å²) in [5.41, 5.74) is 2.04. The van der Waals surface area contributed by atoms with Gasteiger partial charge in [0.25, 0.3) is 0 Å². The van der Waals surface area contributed by atoms with Crippen LogP contribution in [0.2, 0.25) is 0 Å². The van der Waals surface area contributed by atoms with Crippen molar-refractivity contribution in [3.8, 4) is 0 Å². The fourth-order valence-electron chi connectivity index (χ4n) is 3.61. The van der Waals surface area contributed by atoms with E-state index in [-0.39, 0.29) is 18.3 Å². The second-order valence-corrected chi connectivity index (χ2v) is 7.40. The summed E-state index contributed by atoms with van der Waals surface area (Å²) >= 11 is 0. The number of carboxylic acid groups (broad SMARTS) is 1. The SMILES string of the molecule is CN(C)Cc1ccc(N2CC(CN3CCC(OC(=O)O)CC3)OC2=O)cc1. The van der Waals surface area contributed by atoms with E-state index >= 15 is 0 Å². The molecule has 0 aliphatic carbocycles. The number of benzene rings is 1. The zero-order valence-corrected chi connectivity index (χ0v) is 15.8. The molecule has 1 amide bonds. The van der Waals surface area contributed by atoms with E-state index in [2.05, 4.69) is 9.80 Å². The maximum absolute atomic E-state index is 12.3. The van der Waals surface area contributed by atoms with Crippen molar-refractivity contribution in [3.63, 3.8) is 0 Å². The van der Waals surface area contributed by atoms with Crippen molar-refractivity contribution >= 4 is 17.9 Å². The van der Waals surface area contributed by atoms with E-state index < -0.39 is 6.16 Å². The molecule has 8 heteroatoms. The lowest BCUT2D eigenvalue weighted by molar-refractivity contribution is 0.0125. The molecule has 0 saturated carbocycles. The van der Waals surface area contributed by atoms with Crippen LogP contribution in [0.25, 0.3) is 0 Å². The van der Waals surface area contributed by atoms with Gasteiger partial charge < -0.3 is 19.5 Å². The normalized spacial score (nSPS) is 21.5. The number of piperidine rings is 1. The summed E-state index contributed by atoms with van der Waals surface area (Å²) in [5, 5.41) is 8.69. The number of hydrogen-bond donors (Lipinski definition) is 1. The maximum Gasteiger partial charge on any atom is 0.506 e. The molecule has 0 radical (unpaired) electrons. The highest BCUT2D eigenvalue weighted by Crippen LogP contribution is 2.24. The van der Waals surface area contributed by atoms with Crippen LogP contribution in [0, 0.1) is 0 Å². The van der Waals surface area contributed by atoms with Crippen molar-refractivity contribution < 1.29 is 24.2 Å². The number of cyclic esters (lactones) is 1. The Bertz CT molecular complexity index is 656. The summed E-state index contributed by atoms with van der Waals surface area (Å²) in [6.45, 7) is 3.52. The summed E-state index contributed by atoms with van der Waals surface area (Å²) in [6.07, 6.45) is -0.610. The molecule has 2 aliphatic heterocycles. The molecule has 1 unspecified atom stereocenters. The van der Waals surface area contributed by atoms with Crippen molar-refractivity contribution in [2.75, 3.05) is 45.2 Å². The predicted molar refractivity (Wildman–Crippen MR) is 100 cm³/mol. The van der Waals surface area contributed by atoms with Gasteiger partial charge in [-0.1, -0.05) is 12.1 Å². The van der Waals surface area contributed by atoms with Crippen molar-refractivity contribution in [2.45, 2.75) is 31.6 Å². The third-order valence-corrected chi connectivity index (χ3v) is 4.88. The van der Waals surface area contributed by atoms with Gasteiger partial charge in [-0.25, -0.2) is 9.59 Å². The highest BCUT2D eigenvalue weighted by atomic mass is 16.7. The van der Waals surface area contributed by atoms with E-state index in [1.165, 1.54) is 5.56 Å². The van der Waals surface area contributed by atoms with Crippen LogP contribution in [0.1, 0.15) is 18.4 Å². The minimum atomic E-state index is -1.22. The molecule has 148 valence electrons. The van der Waals surface area contributed by atoms with Crippen LogP contribution in [0.15, 0.2) is 24.3 Å². The summed E-state index contributed by atoms with van der Waals surface area (Å²) < 4.78 is 10.4. The first-order valence-electron chi connectivity index (χ1n) is 9.24. The van der Waals surface area contributed by atoms with Crippen LogP contribution >= 0.6 is 0 Å². The smallest absolute Gasteiger partial charge is 0.450 e. The van der Waals surface area contributed by atoms with Crippen LogP contribution < -0.4 is 4.90 Å². The number of ether oxygens (including phenoxy) is 2. The Balaban J connectivity index is 1.50. The number of nitrogens with zero attached hydrogens (tertiary/aromatic N) is 3. The molecular formula is C19H27N3O5. The predicted octanol–water partition coefficient (Wildman–Crippen LogP) is 2.23. The number of amides is 1. The molecule has 8 nitrogen and oxygen atoms in total. The van der Waals surface area contributed by atoms with Gasteiger partial charge in [0.1, 0.15) is 12.2 Å². The van der Waals surface area contributed by atoms with Crippen LogP contribution in [-0.4, -0.2) is 79.6 Å². The Kier molecular flexibility index (Phi) is 6.18. The van der Waals surface area contributed by atoms with Crippen molar-refractivity contribution in [1.82, 2.24) is 9.80 Å². The van der Waals surface area contributed by atoms with Crippen LogP contribution in [-0.2, 0) is 16.0 Å². The first-order chi connectivity index (χ1) is 12.9. The van der Waals surface area contributed by atoms with Gasteiger partial charge in [-0.2, -0.15) is 0 Å². The Labute approximate surface area is 159 Å². The van der Waals surface area contributed by atoms with E-state index in [9.17, 15) is 9.59 Å². The Morgan fingerprint density at radius 2 is 1.93 bits per heavy atom. The standard InChI is InChI=1S/C19H27N3O5/c1-20(2)11-14-3-5-15(6-4-14)22-13-17(26-18(22)23)12-21-9-7-16(8-10-21)27-19(24)25/h3-6,16-17H,7-13H2,1-2H3,(H,24,25). The van der Waals surface area contributed by atoms with Crippen molar-refractivity contribution in [3.05, 3.63) is 29.8 Å². The Morgan fingerprint density at radius 3 is 2.52 bits per heavy atom. The number of carbonyl (C=O) groups is 2. The number of anilines is 1. The number of carbonyl (C=O) groups excluding carboxylic acids is 1. The molecule has 2 heterocycles. The third-order valence-electron chi connectivity index (χ3n) is 4.88. The molecule has 0 aromatic heterocycles. The van der Waals surface area contributed by atoms with Crippen LogP contribution in [0.5, 0.6) is 0 Å². The fraction of sp³-hybridized carbons (Fsp3) is 0.579. The van der Waals surface area contributed by atoms with Gasteiger partial charge in [0.15, 0.2) is 0 Å². The average molecular weight is 377 g/mol. The first-order valence-corrected chi connectivity index (χ1v) is 9.24. The molecule has 1 aromatic carbocycles. The molecule has 1 N–H and O–H groups in total. The average Bonchev–Trinajstić information content (AvgIpc) is 2.97. The minimum Gasteiger partial charge on any atom is -0.450 e. The molecular weight excluding hydrogens is 350 g/mol. The minimum absolute atomic E-state index is 0.184. The molecule has 2 saturated heterocycles. The summed E-state index contributed by atoms with van der Waals surface area (Å²) in [4.78, 5) is 28.8. The molecule has 1 aromatic rings. The summed E-state index contributed by atoms with van der Waals surface area (Å²) in [6, 6.07) is 7.97. The van der Waals surface area contributed by atoms with E-state index in [0.29, 0.717) is 25.9 Å². The van der Waals surface area contributed by atoms with E-state index in [1.54, 1.807) is 4.90 Å². The Morgan fingerprint density at radius 1 is 1.26 bits per heavy atom. The van der Waals surface area contributed by atoms with Crippen LogP contribution in [0.3, 0.4) is 0 Å². The number of likely N-dealkylation sites (tertiary alicyclic amines) is 1. The molecule has 3 rings (SSSR count). The monoisotopic (exact) mass is 377 g/mol. The number of hydrogen-bond acceptors (Lipinski definition) is 6. The van der Waals surface area contributed by atoms with Gasteiger partial charge in [0.05, 0.1) is 6.54 Å². The maximum atomic E-state index is 12.3. The van der Waals surface area contributed by atoms with Gasteiger partial charge in [-0.3, -0.25) is 9.80 Å². The van der Waals surface area contributed by atoms with Gasteiger partial charge in [0, 0.05) is 31.9 Å². The summed E-state index contributed by atoms with van der Waals surface area (Å²) in [7, 11) is 4.04. The molecule has 1 atom stereocenters. The van der Waals surface area contributed by atoms with E-state index in [1.807, 2.05) is 38.4 Å². The van der Waals surface area contributed by atoms with E-state index in [4.69, 9.17) is 14.6 Å². The fourth-order valence-corrected chi connectivity index (χ4v) is 3.61. The van der Waals surface area contributed by atoms with Gasteiger partial charge in [0.2, 0.25) is 0 Å². The third kappa shape index (κ3) is 5.33. The van der Waals surface area contributed by atoms with Crippen molar-refractivity contribution in [1.29, 1.82) is 0 Å². The van der Waals surface area contributed by atoms with Gasteiger partial charge in [-0.15, -0.1) is 0 Å². The lowest BCUT2D eigenvalue weighted by atomic mass is 10.1. The highest BCUT2D eigenvalue weighted by Gasteiger charge is 2.34. The molecule has 0 bridgehead atoms. The molecule has 2 aliphatic rings. The first kappa shape index (κ1) is 19.4. The number of rotatable bonds is 6. The second-order valence-electron chi connectivity index (χ2n) is 7.40. The van der Waals surface area contributed by atoms with E-state index in [0.717, 1.165) is 25.3 Å². The van der Waals surface area contributed by atoms with Crippen molar-refractivity contribution in [2.24, 2.45) is 0 Å².